The molecule has 1 aromatic heterocycles. The van der Waals surface area contributed by atoms with Gasteiger partial charge in [-0.1, -0.05) is 36.4 Å². The van der Waals surface area contributed by atoms with Crippen LogP contribution in [0.3, 0.4) is 0 Å². The van der Waals surface area contributed by atoms with Crippen LogP contribution in [0.15, 0.2) is 43.0 Å². The molecular formula is C17H17NO2. The van der Waals surface area contributed by atoms with Crippen LogP contribution in [0, 0.1) is 6.92 Å². The van der Waals surface area contributed by atoms with E-state index in [2.05, 4.69) is 11.6 Å². The highest BCUT2D eigenvalue weighted by molar-refractivity contribution is 5.91. The zero-order valence-corrected chi connectivity index (χ0v) is 11.9. The molecule has 0 radical (unpaired) electrons. The second-order valence-corrected chi connectivity index (χ2v) is 4.76. The fourth-order valence-electron chi connectivity index (χ4n) is 1.86. The van der Waals surface area contributed by atoms with Crippen molar-refractivity contribution in [1.29, 1.82) is 0 Å². The van der Waals surface area contributed by atoms with Crippen LogP contribution >= 0.6 is 0 Å². The molecule has 0 aliphatic rings. The molecule has 0 unspecified atom stereocenters. The Labute approximate surface area is 118 Å². The van der Waals surface area contributed by atoms with E-state index in [1.54, 1.807) is 12.1 Å². The van der Waals surface area contributed by atoms with Gasteiger partial charge in [0.2, 0.25) is 0 Å². The minimum absolute atomic E-state index is 0.372. The van der Waals surface area contributed by atoms with Crippen LogP contribution in [0.4, 0.5) is 0 Å². The Morgan fingerprint density at radius 2 is 1.85 bits per heavy atom. The van der Waals surface area contributed by atoms with E-state index in [1.165, 1.54) is 12.7 Å². The van der Waals surface area contributed by atoms with E-state index in [4.69, 9.17) is 4.74 Å². The van der Waals surface area contributed by atoms with Gasteiger partial charge >= 0.3 is 5.97 Å². The van der Waals surface area contributed by atoms with Crippen molar-refractivity contribution in [3.8, 4) is 11.3 Å². The van der Waals surface area contributed by atoms with Gasteiger partial charge in [0, 0.05) is 5.56 Å². The first-order valence-corrected chi connectivity index (χ1v) is 6.34. The Hall–Kier alpha value is -2.42. The molecule has 2 aromatic rings. The molecule has 0 fully saturated rings. The summed E-state index contributed by atoms with van der Waals surface area (Å²) in [6.07, 6.45) is 0. The number of benzene rings is 1. The lowest BCUT2D eigenvalue weighted by Gasteiger charge is -2.08. The highest BCUT2D eigenvalue weighted by Gasteiger charge is 2.11. The maximum atomic E-state index is 11.7. The molecule has 1 heterocycles. The maximum absolute atomic E-state index is 11.7. The van der Waals surface area contributed by atoms with Crippen LogP contribution in [0.2, 0.25) is 0 Å². The Bertz CT molecular complexity index is 657. The van der Waals surface area contributed by atoms with Gasteiger partial charge in [0.15, 0.2) is 0 Å². The molecule has 0 saturated carbocycles. The third-order valence-electron chi connectivity index (χ3n) is 3.03. The van der Waals surface area contributed by atoms with Crippen LogP contribution in [-0.4, -0.2) is 18.1 Å². The largest absolute Gasteiger partial charge is 0.465 e. The lowest BCUT2D eigenvalue weighted by molar-refractivity contribution is 0.0600. The topological polar surface area (TPSA) is 39.2 Å². The number of nitrogens with zero attached hydrogens (tertiary/aromatic N) is 1. The minimum atomic E-state index is -0.372. The Morgan fingerprint density at radius 1 is 1.20 bits per heavy atom. The van der Waals surface area contributed by atoms with Gasteiger partial charge in [0.25, 0.3) is 0 Å². The van der Waals surface area contributed by atoms with Gasteiger partial charge in [-0.15, -0.1) is 0 Å². The molecule has 0 aliphatic carbocycles. The fourth-order valence-corrected chi connectivity index (χ4v) is 1.86. The molecule has 0 aliphatic heterocycles. The number of esters is 1. The van der Waals surface area contributed by atoms with E-state index >= 15 is 0 Å². The van der Waals surface area contributed by atoms with Gasteiger partial charge in [0.05, 0.1) is 24.1 Å². The predicted octanol–water partition coefficient (Wildman–Crippen LogP) is 3.88. The fraction of sp³-hybridized carbons (Fsp3) is 0.176. The predicted molar refractivity (Wildman–Crippen MR) is 80.5 cm³/mol. The lowest BCUT2D eigenvalue weighted by atomic mass is 10.0. The summed E-state index contributed by atoms with van der Waals surface area (Å²) < 4.78 is 4.78. The van der Waals surface area contributed by atoms with Gasteiger partial charge in [-0.25, -0.2) is 9.78 Å². The zero-order valence-electron chi connectivity index (χ0n) is 11.9. The van der Waals surface area contributed by atoms with E-state index in [9.17, 15) is 4.79 Å². The molecule has 0 saturated heterocycles. The Balaban J connectivity index is 2.57. The summed E-state index contributed by atoms with van der Waals surface area (Å²) in [6, 6.07) is 11.4. The van der Waals surface area contributed by atoms with Crippen LogP contribution in [0.25, 0.3) is 16.8 Å². The molecule has 2 rings (SSSR count). The number of aryl methyl sites for hydroxylation is 1. The molecule has 3 nitrogen and oxygen atoms in total. The van der Waals surface area contributed by atoms with E-state index < -0.39 is 0 Å². The van der Waals surface area contributed by atoms with E-state index in [0.717, 1.165) is 16.8 Å². The van der Waals surface area contributed by atoms with Gasteiger partial charge in [-0.2, -0.15) is 0 Å². The number of methoxy groups -OCH3 is 1. The summed E-state index contributed by atoms with van der Waals surface area (Å²) in [6.45, 7) is 7.78. The van der Waals surface area contributed by atoms with Gasteiger partial charge in [-0.05, 0) is 31.6 Å². The van der Waals surface area contributed by atoms with Crippen LogP contribution in [0.1, 0.15) is 28.5 Å². The summed E-state index contributed by atoms with van der Waals surface area (Å²) >= 11 is 0. The first-order chi connectivity index (χ1) is 9.51. The summed E-state index contributed by atoms with van der Waals surface area (Å²) in [5.74, 6) is -0.372. The SMILES string of the molecule is C=C(C)c1cc(C(=O)OC)cc(-c2ccc(C)cc2)n1. The quantitative estimate of drug-likeness (QED) is 0.792. The molecule has 0 spiro atoms. The summed E-state index contributed by atoms with van der Waals surface area (Å²) in [7, 11) is 1.37. The molecule has 0 atom stereocenters. The van der Waals surface area contributed by atoms with Crippen molar-refractivity contribution in [3.05, 3.63) is 59.8 Å². The molecule has 0 bridgehead atoms. The molecule has 3 heteroatoms. The minimum Gasteiger partial charge on any atom is -0.465 e. The van der Waals surface area contributed by atoms with Crippen molar-refractivity contribution in [1.82, 2.24) is 4.98 Å². The van der Waals surface area contributed by atoms with E-state index in [0.29, 0.717) is 11.3 Å². The van der Waals surface area contributed by atoms with Crippen molar-refractivity contribution in [2.24, 2.45) is 0 Å². The number of aromatic nitrogens is 1. The third-order valence-corrected chi connectivity index (χ3v) is 3.03. The molecule has 1 aromatic carbocycles. The average molecular weight is 267 g/mol. The first kappa shape index (κ1) is 14.0. The number of carbonyl (C=O) groups is 1. The van der Waals surface area contributed by atoms with Crippen LogP contribution in [-0.2, 0) is 4.74 Å². The normalized spacial score (nSPS) is 10.2. The second-order valence-electron chi connectivity index (χ2n) is 4.76. The van der Waals surface area contributed by atoms with Crippen molar-refractivity contribution in [3.63, 3.8) is 0 Å². The molecular weight excluding hydrogens is 250 g/mol. The standard InChI is InChI=1S/C17H17NO2/c1-11(2)15-9-14(17(19)20-4)10-16(18-15)13-7-5-12(3)6-8-13/h5-10H,1H2,2-4H3. The lowest BCUT2D eigenvalue weighted by Crippen LogP contribution is -2.04. The highest BCUT2D eigenvalue weighted by Crippen LogP contribution is 2.22. The van der Waals surface area contributed by atoms with Crippen molar-refractivity contribution in [2.75, 3.05) is 7.11 Å². The average Bonchev–Trinajstić information content (AvgIpc) is 2.46. The Morgan fingerprint density at radius 3 is 2.40 bits per heavy atom. The molecule has 0 amide bonds. The van der Waals surface area contributed by atoms with Gasteiger partial charge in [0.1, 0.15) is 0 Å². The number of allylic oxidation sites excluding steroid dienone is 1. The zero-order chi connectivity index (χ0) is 14.7. The van der Waals surface area contributed by atoms with Gasteiger partial charge in [-0.3, -0.25) is 0 Å². The van der Waals surface area contributed by atoms with Crippen LogP contribution < -0.4 is 0 Å². The number of pyridine rings is 1. The second kappa shape index (κ2) is 5.70. The smallest absolute Gasteiger partial charge is 0.338 e. The van der Waals surface area contributed by atoms with Crippen molar-refractivity contribution in [2.45, 2.75) is 13.8 Å². The third kappa shape index (κ3) is 2.94. The van der Waals surface area contributed by atoms with Crippen molar-refractivity contribution >= 4 is 11.5 Å². The maximum Gasteiger partial charge on any atom is 0.338 e. The molecule has 102 valence electrons. The van der Waals surface area contributed by atoms with Crippen molar-refractivity contribution < 1.29 is 9.53 Å². The number of ether oxygens (including phenoxy) is 1. The first-order valence-electron chi connectivity index (χ1n) is 6.34. The Kier molecular flexibility index (Phi) is 3.99. The number of carbonyl (C=O) groups excluding carboxylic acids is 1. The van der Waals surface area contributed by atoms with Crippen LogP contribution in [0.5, 0.6) is 0 Å². The summed E-state index contributed by atoms with van der Waals surface area (Å²) in [4.78, 5) is 16.3. The summed E-state index contributed by atoms with van der Waals surface area (Å²) in [5, 5.41) is 0. The van der Waals surface area contributed by atoms with Gasteiger partial charge < -0.3 is 4.74 Å². The molecule has 0 N–H and O–H groups in total. The van der Waals surface area contributed by atoms with E-state index in [1.807, 2.05) is 38.1 Å². The monoisotopic (exact) mass is 267 g/mol. The molecule has 20 heavy (non-hydrogen) atoms. The summed E-state index contributed by atoms with van der Waals surface area (Å²) in [5.41, 5.74) is 4.87. The van der Waals surface area contributed by atoms with E-state index in [-0.39, 0.29) is 5.97 Å². The number of rotatable bonds is 3. The highest BCUT2D eigenvalue weighted by atomic mass is 16.5. The number of hydrogen-bond donors (Lipinski definition) is 0. The number of hydrogen-bond acceptors (Lipinski definition) is 3.